The predicted octanol–water partition coefficient (Wildman–Crippen LogP) is 2.71. The first kappa shape index (κ1) is 16.9. The monoisotopic (exact) mass is 358 g/mol. The minimum absolute atomic E-state index is 0.263. The minimum Gasteiger partial charge on any atom is -0.324 e. The summed E-state index contributed by atoms with van der Waals surface area (Å²) in [5.74, 6) is 1.70. The molecule has 25 heavy (non-hydrogen) atoms. The molecule has 0 spiro atoms. The van der Waals surface area contributed by atoms with Crippen molar-refractivity contribution >= 4 is 33.1 Å². The first-order chi connectivity index (χ1) is 11.8. The van der Waals surface area contributed by atoms with Crippen molar-refractivity contribution < 1.29 is 8.42 Å². The number of rotatable bonds is 5. The average molecular weight is 358 g/mol. The van der Waals surface area contributed by atoms with E-state index in [1.54, 1.807) is 24.4 Å². The maximum atomic E-state index is 11.5. The van der Waals surface area contributed by atoms with Gasteiger partial charge in [-0.2, -0.15) is 10.1 Å². The van der Waals surface area contributed by atoms with Gasteiger partial charge in [-0.3, -0.25) is 5.10 Å². The molecule has 0 aliphatic carbocycles. The largest absolute Gasteiger partial charge is 0.324 e. The molecule has 1 aromatic carbocycles. The van der Waals surface area contributed by atoms with E-state index in [1.165, 1.54) is 18.4 Å². The number of sulfone groups is 1. The molecule has 0 fully saturated rings. The molecule has 0 radical (unpaired) electrons. The number of anilines is 4. The minimum atomic E-state index is -3.21. The van der Waals surface area contributed by atoms with Crippen molar-refractivity contribution in [1.29, 1.82) is 0 Å². The Balaban J connectivity index is 1.76. The van der Waals surface area contributed by atoms with E-state index in [4.69, 9.17) is 0 Å². The molecule has 0 aliphatic rings. The summed E-state index contributed by atoms with van der Waals surface area (Å²) in [6, 6.07) is 8.15. The Hall–Kier alpha value is -2.94. The topological polar surface area (TPSA) is 113 Å². The van der Waals surface area contributed by atoms with Crippen LogP contribution in [0.15, 0.2) is 41.4 Å². The van der Waals surface area contributed by atoms with Gasteiger partial charge < -0.3 is 10.6 Å². The zero-order chi connectivity index (χ0) is 18.0. The van der Waals surface area contributed by atoms with Crippen molar-refractivity contribution in [2.45, 2.75) is 18.7 Å². The highest BCUT2D eigenvalue weighted by Gasteiger charge is 2.08. The maximum Gasteiger partial charge on any atom is 0.229 e. The normalized spacial score (nSPS) is 11.3. The van der Waals surface area contributed by atoms with Crippen LogP contribution in [0.3, 0.4) is 0 Å². The highest BCUT2D eigenvalue weighted by Crippen LogP contribution is 2.20. The molecule has 0 unspecified atom stereocenters. The highest BCUT2D eigenvalue weighted by molar-refractivity contribution is 7.90. The Morgan fingerprint density at radius 1 is 1.04 bits per heavy atom. The van der Waals surface area contributed by atoms with Crippen LogP contribution in [0, 0.1) is 13.8 Å². The molecule has 0 aliphatic heterocycles. The summed E-state index contributed by atoms with van der Waals surface area (Å²) in [5, 5.41) is 13.3. The van der Waals surface area contributed by atoms with Crippen molar-refractivity contribution in [2.24, 2.45) is 0 Å². The number of aryl methyl sites for hydroxylation is 1. The van der Waals surface area contributed by atoms with Gasteiger partial charge in [-0.05, 0) is 44.2 Å². The Morgan fingerprint density at radius 3 is 2.36 bits per heavy atom. The maximum absolute atomic E-state index is 11.5. The Kier molecular flexibility index (Phi) is 4.41. The lowest BCUT2D eigenvalue weighted by molar-refractivity contribution is 0.602. The van der Waals surface area contributed by atoms with Gasteiger partial charge >= 0.3 is 0 Å². The van der Waals surface area contributed by atoms with Crippen LogP contribution < -0.4 is 10.6 Å². The van der Waals surface area contributed by atoms with Crippen LogP contribution in [-0.4, -0.2) is 34.8 Å². The zero-order valence-electron chi connectivity index (χ0n) is 14.0. The van der Waals surface area contributed by atoms with Crippen molar-refractivity contribution in [1.82, 2.24) is 20.2 Å². The van der Waals surface area contributed by atoms with E-state index >= 15 is 0 Å². The Morgan fingerprint density at radius 2 is 1.76 bits per heavy atom. The van der Waals surface area contributed by atoms with Gasteiger partial charge in [0.25, 0.3) is 0 Å². The van der Waals surface area contributed by atoms with Crippen LogP contribution in [0.2, 0.25) is 0 Å². The Bertz CT molecular complexity index is 996. The molecule has 3 rings (SSSR count). The summed E-state index contributed by atoms with van der Waals surface area (Å²) in [7, 11) is -3.21. The van der Waals surface area contributed by atoms with Crippen LogP contribution in [0.5, 0.6) is 0 Å². The van der Waals surface area contributed by atoms with Gasteiger partial charge in [-0.1, -0.05) is 0 Å². The summed E-state index contributed by atoms with van der Waals surface area (Å²) >= 11 is 0. The Labute approximate surface area is 145 Å². The molecule has 8 nitrogen and oxygen atoms in total. The van der Waals surface area contributed by atoms with Gasteiger partial charge in [0, 0.05) is 29.4 Å². The molecule has 0 saturated heterocycles. The SMILES string of the molecule is Cc1[nH]nc(Nc2ccnc(Nc3ccc(S(C)(=O)=O)cc3)n2)c1C. The molecular formula is C16H18N6O2S. The molecule has 130 valence electrons. The molecule has 0 amide bonds. The van der Waals surface area contributed by atoms with Crippen LogP contribution in [0.25, 0.3) is 0 Å². The lowest BCUT2D eigenvalue weighted by atomic mass is 10.3. The summed E-state index contributed by atoms with van der Waals surface area (Å²) in [5.41, 5.74) is 2.70. The second-order valence-electron chi connectivity index (χ2n) is 5.63. The summed E-state index contributed by atoms with van der Waals surface area (Å²) in [4.78, 5) is 8.81. The third-order valence-electron chi connectivity index (χ3n) is 3.69. The lowest BCUT2D eigenvalue weighted by Crippen LogP contribution is -2.02. The molecule has 0 bridgehead atoms. The number of benzene rings is 1. The molecule has 2 heterocycles. The van der Waals surface area contributed by atoms with Gasteiger partial charge in [0.2, 0.25) is 5.95 Å². The average Bonchev–Trinajstić information content (AvgIpc) is 2.87. The molecule has 3 aromatic rings. The van der Waals surface area contributed by atoms with Crippen molar-refractivity contribution in [3.63, 3.8) is 0 Å². The van der Waals surface area contributed by atoms with E-state index in [1.807, 2.05) is 13.8 Å². The highest BCUT2D eigenvalue weighted by atomic mass is 32.2. The van der Waals surface area contributed by atoms with E-state index in [0.717, 1.165) is 11.3 Å². The lowest BCUT2D eigenvalue weighted by Gasteiger charge is -2.08. The summed E-state index contributed by atoms with van der Waals surface area (Å²) in [6.07, 6.45) is 2.80. The van der Waals surface area contributed by atoms with E-state index in [2.05, 4.69) is 30.8 Å². The number of hydrogen-bond acceptors (Lipinski definition) is 7. The molecular weight excluding hydrogens is 340 g/mol. The zero-order valence-corrected chi connectivity index (χ0v) is 14.8. The standard InChI is InChI=1S/C16H18N6O2S/c1-10-11(2)21-22-15(10)19-14-8-9-17-16(20-14)18-12-4-6-13(7-5-12)25(3,23)24/h4-9H,1-3H3,(H3,17,18,19,20,21,22). The van der Waals surface area contributed by atoms with E-state index < -0.39 is 9.84 Å². The quantitative estimate of drug-likeness (QED) is 0.642. The van der Waals surface area contributed by atoms with Crippen molar-refractivity contribution in [3.05, 3.63) is 47.8 Å². The molecule has 2 aromatic heterocycles. The second-order valence-corrected chi connectivity index (χ2v) is 7.65. The third-order valence-corrected chi connectivity index (χ3v) is 4.82. The molecule has 9 heteroatoms. The fourth-order valence-electron chi connectivity index (χ4n) is 2.13. The second kappa shape index (κ2) is 6.52. The van der Waals surface area contributed by atoms with Crippen molar-refractivity contribution in [2.75, 3.05) is 16.9 Å². The molecule has 0 saturated carbocycles. The predicted molar refractivity (Wildman–Crippen MR) is 96.2 cm³/mol. The van der Waals surface area contributed by atoms with Crippen LogP contribution in [0.1, 0.15) is 11.3 Å². The first-order valence-corrected chi connectivity index (χ1v) is 9.41. The first-order valence-electron chi connectivity index (χ1n) is 7.52. The number of nitrogens with zero attached hydrogens (tertiary/aromatic N) is 3. The van der Waals surface area contributed by atoms with Gasteiger partial charge in [-0.15, -0.1) is 0 Å². The van der Waals surface area contributed by atoms with Crippen LogP contribution >= 0.6 is 0 Å². The van der Waals surface area contributed by atoms with Gasteiger partial charge in [0.05, 0.1) is 4.90 Å². The smallest absolute Gasteiger partial charge is 0.229 e. The summed E-state index contributed by atoms with van der Waals surface area (Å²) < 4.78 is 23.0. The third kappa shape index (κ3) is 3.94. The summed E-state index contributed by atoms with van der Waals surface area (Å²) in [6.45, 7) is 3.91. The number of aromatic amines is 1. The van der Waals surface area contributed by atoms with E-state index in [0.29, 0.717) is 23.3 Å². The van der Waals surface area contributed by atoms with E-state index in [9.17, 15) is 8.42 Å². The molecule has 0 atom stereocenters. The number of nitrogens with one attached hydrogen (secondary N) is 3. The fraction of sp³-hybridized carbons (Fsp3) is 0.188. The van der Waals surface area contributed by atoms with E-state index in [-0.39, 0.29) is 4.90 Å². The fourth-order valence-corrected chi connectivity index (χ4v) is 2.76. The van der Waals surface area contributed by atoms with Gasteiger partial charge in [0.1, 0.15) is 5.82 Å². The van der Waals surface area contributed by atoms with Crippen LogP contribution in [-0.2, 0) is 9.84 Å². The van der Waals surface area contributed by atoms with Gasteiger partial charge in [-0.25, -0.2) is 13.4 Å². The van der Waals surface area contributed by atoms with Crippen LogP contribution in [0.4, 0.5) is 23.3 Å². The van der Waals surface area contributed by atoms with Gasteiger partial charge in [0.15, 0.2) is 15.7 Å². The van der Waals surface area contributed by atoms with Crippen molar-refractivity contribution in [3.8, 4) is 0 Å². The number of H-pyrrole nitrogens is 1. The number of aromatic nitrogens is 4. The number of hydrogen-bond donors (Lipinski definition) is 3. The molecule has 3 N–H and O–H groups in total.